The van der Waals surface area contributed by atoms with E-state index in [2.05, 4.69) is 4.98 Å². The predicted molar refractivity (Wildman–Crippen MR) is 60.0 cm³/mol. The van der Waals surface area contributed by atoms with Gasteiger partial charge in [-0.1, -0.05) is 11.6 Å². The number of hydrogen-bond donors (Lipinski definition) is 0. The van der Waals surface area contributed by atoms with Gasteiger partial charge in [0.05, 0.1) is 11.9 Å². The SMILES string of the molecule is O=Cc1cc(Cl)cc(-c2ccc(F)cn2)c1. The number of aromatic nitrogens is 1. The maximum atomic E-state index is 12.7. The van der Waals surface area contributed by atoms with Crippen LogP contribution in [0.1, 0.15) is 10.4 Å². The summed E-state index contributed by atoms with van der Waals surface area (Å²) in [6.07, 6.45) is 1.83. The lowest BCUT2D eigenvalue weighted by molar-refractivity contribution is 0.112. The monoisotopic (exact) mass is 235 g/mol. The Morgan fingerprint density at radius 3 is 2.69 bits per heavy atom. The van der Waals surface area contributed by atoms with Crippen molar-refractivity contribution in [1.82, 2.24) is 4.98 Å². The molecule has 1 aromatic heterocycles. The fourth-order valence-corrected chi connectivity index (χ4v) is 1.62. The maximum Gasteiger partial charge on any atom is 0.150 e. The average molecular weight is 236 g/mol. The Kier molecular flexibility index (Phi) is 2.97. The lowest BCUT2D eigenvalue weighted by atomic mass is 10.1. The summed E-state index contributed by atoms with van der Waals surface area (Å²) in [5.41, 5.74) is 1.73. The topological polar surface area (TPSA) is 30.0 Å². The zero-order valence-corrected chi connectivity index (χ0v) is 8.91. The van der Waals surface area contributed by atoms with Gasteiger partial charge in [0.2, 0.25) is 0 Å². The predicted octanol–water partition coefficient (Wildman–Crippen LogP) is 3.35. The van der Waals surface area contributed by atoms with E-state index in [1.54, 1.807) is 18.2 Å². The van der Waals surface area contributed by atoms with Gasteiger partial charge in [0.15, 0.2) is 0 Å². The Bertz CT molecular complexity index is 525. The van der Waals surface area contributed by atoms with Gasteiger partial charge < -0.3 is 0 Å². The van der Waals surface area contributed by atoms with Crippen LogP contribution in [0, 0.1) is 5.82 Å². The normalized spacial score (nSPS) is 10.1. The summed E-state index contributed by atoms with van der Waals surface area (Å²) in [6, 6.07) is 7.73. The Hall–Kier alpha value is -1.74. The molecule has 2 aromatic rings. The Morgan fingerprint density at radius 1 is 1.25 bits per heavy atom. The molecular formula is C12H7ClFNO. The second kappa shape index (κ2) is 4.41. The van der Waals surface area contributed by atoms with E-state index in [4.69, 9.17) is 11.6 Å². The first-order chi connectivity index (χ1) is 7.69. The summed E-state index contributed by atoms with van der Waals surface area (Å²) in [6.45, 7) is 0. The molecule has 0 fully saturated rings. The third-order valence-corrected chi connectivity index (χ3v) is 2.30. The highest BCUT2D eigenvalue weighted by Crippen LogP contribution is 2.22. The van der Waals surface area contributed by atoms with Crippen LogP contribution >= 0.6 is 11.6 Å². The molecule has 0 unspecified atom stereocenters. The molecule has 0 radical (unpaired) electrons. The van der Waals surface area contributed by atoms with Crippen molar-refractivity contribution in [1.29, 1.82) is 0 Å². The van der Waals surface area contributed by atoms with Gasteiger partial charge in [0.25, 0.3) is 0 Å². The van der Waals surface area contributed by atoms with Gasteiger partial charge in [0, 0.05) is 16.1 Å². The number of pyridine rings is 1. The van der Waals surface area contributed by atoms with E-state index in [0.717, 1.165) is 6.20 Å². The molecule has 0 N–H and O–H groups in total. The zero-order chi connectivity index (χ0) is 11.5. The standard InChI is InChI=1S/C12H7ClFNO/c13-10-4-8(7-16)3-9(5-10)12-2-1-11(14)6-15-12/h1-7H. The largest absolute Gasteiger partial charge is 0.298 e. The lowest BCUT2D eigenvalue weighted by Crippen LogP contribution is -1.87. The van der Waals surface area contributed by atoms with E-state index in [1.165, 1.54) is 12.1 Å². The number of aldehydes is 1. The molecule has 0 aliphatic carbocycles. The molecule has 2 nitrogen and oxygen atoms in total. The van der Waals surface area contributed by atoms with Crippen LogP contribution in [0.3, 0.4) is 0 Å². The molecule has 0 atom stereocenters. The van der Waals surface area contributed by atoms with Crippen LogP contribution in [0.5, 0.6) is 0 Å². The zero-order valence-electron chi connectivity index (χ0n) is 8.15. The first-order valence-corrected chi connectivity index (χ1v) is 4.94. The van der Waals surface area contributed by atoms with Crippen LogP contribution in [-0.4, -0.2) is 11.3 Å². The Balaban J connectivity index is 2.51. The molecule has 0 amide bonds. The lowest BCUT2D eigenvalue weighted by Gasteiger charge is -2.02. The molecule has 4 heteroatoms. The number of nitrogens with zero attached hydrogens (tertiary/aromatic N) is 1. The Morgan fingerprint density at radius 2 is 2.06 bits per heavy atom. The molecule has 0 bridgehead atoms. The molecule has 1 heterocycles. The number of hydrogen-bond acceptors (Lipinski definition) is 2. The molecular weight excluding hydrogens is 229 g/mol. The fraction of sp³-hybridized carbons (Fsp3) is 0. The molecule has 2 rings (SSSR count). The molecule has 0 aliphatic heterocycles. The van der Waals surface area contributed by atoms with Gasteiger partial charge in [-0.05, 0) is 30.3 Å². The Labute approximate surface area is 96.7 Å². The second-order valence-corrected chi connectivity index (χ2v) is 3.69. The summed E-state index contributed by atoms with van der Waals surface area (Å²) >= 11 is 5.85. The summed E-state index contributed by atoms with van der Waals surface area (Å²) in [5.74, 6) is -0.401. The second-order valence-electron chi connectivity index (χ2n) is 3.25. The quantitative estimate of drug-likeness (QED) is 0.747. The van der Waals surface area contributed by atoms with Gasteiger partial charge in [0.1, 0.15) is 12.1 Å². The first-order valence-electron chi connectivity index (χ1n) is 4.57. The minimum absolute atomic E-state index is 0.401. The van der Waals surface area contributed by atoms with E-state index >= 15 is 0 Å². The van der Waals surface area contributed by atoms with Gasteiger partial charge in [-0.3, -0.25) is 9.78 Å². The van der Waals surface area contributed by atoms with Crippen LogP contribution in [0.15, 0.2) is 36.5 Å². The summed E-state index contributed by atoms with van der Waals surface area (Å²) in [7, 11) is 0. The molecule has 80 valence electrons. The van der Waals surface area contributed by atoms with Crippen LogP contribution in [0.25, 0.3) is 11.3 Å². The van der Waals surface area contributed by atoms with E-state index < -0.39 is 5.82 Å². The van der Waals surface area contributed by atoms with Crippen molar-refractivity contribution < 1.29 is 9.18 Å². The fourth-order valence-electron chi connectivity index (χ4n) is 1.37. The maximum absolute atomic E-state index is 12.7. The van der Waals surface area contributed by atoms with Crippen molar-refractivity contribution >= 4 is 17.9 Å². The van der Waals surface area contributed by atoms with E-state index in [0.29, 0.717) is 28.1 Å². The number of rotatable bonds is 2. The van der Waals surface area contributed by atoms with Crippen molar-refractivity contribution in [2.24, 2.45) is 0 Å². The minimum atomic E-state index is -0.401. The summed E-state index contributed by atoms with van der Waals surface area (Å²) < 4.78 is 12.7. The van der Waals surface area contributed by atoms with Crippen LogP contribution in [0.2, 0.25) is 5.02 Å². The molecule has 1 aromatic carbocycles. The molecule has 0 aliphatic rings. The molecule has 0 saturated heterocycles. The van der Waals surface area contributed by atoms with Gasteiger partial charge in [-0.2, -0.15) is 0 Å². The summed E-state index contributed by atoms with van der Waals surface area (Å²) in [4.78, 5) is 14.6. The van der Waals surface area contributed by atoms with E-state index in [1.807, 2.05) is 0 Å². The molecule has 0 saturated carbocycles. The van der Waals surface area contributed by atoms with Crippen molar-refractivity contribution in [3.63, 3.8) is 0 Å². The smallest absolute Gasteiger partial charge is 0.150 e. The third-order valence-electron chi connectivity index (χ3n) is 2.08. The van der Waals surface area contributed by atoms with Crippen LogP contribution < -0.4 is 0 Å². The van der Waals surface area contributed by atoms with Crippen molar-refractivity contribution in [3.8, 4) is 11.3 Å². The minimum Gasteiger partial charge on any atom is -0.298 e. The van der Waals surface area contributed by atoms with Crippen LogP contribution in [0.4, 0.5) is 4.39 Å². The summed E-state index contributed by atoms with van der Waals surface area (Å²) in [5, 5.41) is 0.450. The number of benzene rings is 1. The van der Waals surface area contributed by atoms with Crippen molar-refractivity contribution in [2.45, 2.75) is 0 Å². The highest BCUT2D eigenvalue weighted by molar-refractivity contribution is 6.31. The highest BCUT2D eigenvalue weighted by atomic mass is 35.5. The number of halogens is 2. The van der Waals surface area contributed by atoms with Gasteiger partial charge in [-0.15, -0.1) is 0 Å². The molecule has 16 heavy (non-hydrogen) atoms. The van der Waals surface area contributed by atoms with Crippen LogP contribution in [-0.2, 0) is 0 Å². The average Bonchev–Trinajstić information content (AvgIpc) is 2.29. The van der Waals surface area contributed by atoms with Crippen molar-refractivity contribution in [3.05, 3.63) is 52.9 Å². The van der Waals surface area contributed by atoms with Crippen molar-refractivity contribution in [2.75, 3.05) is 0 Å². The third kappa shape index (κ3) is 2.25. The number of carbonyl (C=O) groups is 1. The van der Waals surface area contributed by atoms with E-state index in [9.17, 15) is 9.18 Å². The highest BCUT2D eigenvalue weighted by Gasteiger charge is 2.03. The molecule has 0 spiro atoms. The van der Waals surface area contributed by atoms with Gasteiger partial charge in [-0.25, -0.2) is 4.39 Å². The van der Waals surface area contributed by atoms with E-state index in [-0.39, 0.29) is 0 Å². The number of carbonyl (C=O) groups excluding carboxylic acids is 1. The first kappa shape index (κ1) is 10.8. The van der Waals surface area contributed by atoms with Gasteiger partial charge >= 0.3 is 0 Å².